The molecule has 0 bridgehead atoms. The first-order valence-corrected chi connectivity index (χ1v) is 9.74. The van der Waals surface area contributed by atoms with E-state index < -0.39 is 41.4 Å². The zero-order valence-corrected chi connectivity index (χ0v) is 17.0. The molecule has 10 heteroatoms. The summed E-state index contributed by atoms with van der Waals surface area (Å²) in [6.45, 7) is 5.71. The fraction of sp³-hybridized carbons (Fsp3) is 0.500. The maximum atomic E-state index is 12.5. The Labute approximate surface area is 172 Å². The molecule has 10 nitrogen and oxygen atoms in total. The molecule has 4 atom stereocenters. The van der Waals surface area contributed by atoms with Crippen molar-refractivity contribution in [2.45, 2.75) is 50.9 Å². The second-order valence-electron chi connectivity index (χ2n) is 7.87. The summed E-state index contributed by atoms with van der Waals surface area (Å²) in [6, 6.07) is 4.21. The molecule has 2 saturated heterocycles. The highest BCUT2D eigenvalue weighted by atomic mass is 16.8. The number of pyridine rings is 1. The van der Waals surface area contributed by atoms with Gasteiger partial charge in [-0.1, -0.05) is 0 Å². The molecule has 4 heterocycles. The number of nitrogens with one attached hydrogen (secondary N) is 2. The summed E-state index contributed by atoms with van der Waals surface area (Å²) >= 11 is 0. The number of nitrogens with zero attached hydrogens (tertiary/aromatic N) is 2. The van der Waals surface area contributed by atoms with E-state index in [0.29, 0.717) is 11.3 Å². The molecule has 4 rings (SSSR count). The van der Waals surface area contributed by atoms with Gasteiger partial charge in [0.2, 0.25) is 0 Å². The van der Waals surface area contributed by atoms with Crippen LogP contribution in [0, 0.1) is 6.92 Å². The number of rotatable bonds is 4. The fourth-order valence-electron chi connectivity index (χ4n) is 3.93. The molecule has 0 aliphatic carbocycles. The number of ether oxygens (including phenoxy) is 3. The maximum absolute atomic E-state index is 12.5. The highest BCUT2D eigenvalue weighted by molar-refractivity contribution is 5.95. The third-order valence-electron chi connectivity index (χ3n) is 5.31. The number of carbonyl (C=O) groups excluding carboxylic acids is 1. The van der Waals surface area contributed by atoms with Crippen molar-refractivity contribution < 1.29 is 19.0 Å². The van der Waals surface area contributed by atoms with Gasteiger partial charge in [0, 0.05) is 30.7 Å². The van der Waals surface area contributed by atoms with Gasteiger partial charge in [-0.25, -0.2) is 4.79 Å². The number of amides is 1. The number of hydrogen-bond donors (Lipinski definition) is 2. The van der Waals surface area contributed by atoms with Gasteiger partial charge in [-0.05, 0) is 32.9 Å². The van der Waals surface area contributed by atoms with Crippen LogP contribution in [0.3, 0.4) is 0 Å². The Morgan fingerprint density at radius 2 is 2.07 bits per heavy atom. The van der Waals surface area contributed by atoms with Crippen LogP contribution in [-0.4, -0.2) is 57.7 Å². The molecule has 2 aromatic heterocycles. The summed E-state index contributed by atoms with van der Waals surface area (Å²) < 4.78 is 19.5. The van der Waals surface area contributed by atoms with E-state index in [-0.39, 0.29) is 19.1 Å². The number of aryl methyl sites for hydroxylation is 1. The zero-order valence-electron chi connectivity index (χ0n) is 17.0. The topological polar surface area (TPSA) is 125 Å². The average molecular weight is 416 g/mol. The van der Waals surface area contributed by atoms with Crippen LogP contribution in [0.2, 0.25) is 0 Å². The summed E-state index contributed by atoms with van der Waals surface area (Å²) in [6.07, 6.45) is 1.60. The standard InChI is InChI=1S/C20H24N4O6/c1-11-12(5-4-7-21-11)18(26)22-9-14-17-16(29-20(2,3)30-17)13(10-28-14)24-8-6-15(25)23-19(24)27/h4-8,13-14,16-17H,9-10H2,1-3H3,(H,22,26)(H,23,25,27)/t13-,14-,16+,17-/m1/s1. The van der Waals surface area contributed by atoms with Crippen LogP contribution < -0.4 is 16.6 Å². The Balaban J connectivity index is 1.52. The molecular formula is C20H24N4O6. The molecular weight excluding hydrogens is 392 g/mol. The Kier molecular flexibility index (Phi) is 5.31. The third kappa shape index (κ3) is 3.93. The molecule has 2 aliphatic heterocycles. The van der Waals surface area contributed by atoms with Crippen molar-refractivity contribution in [2.24, 2.45) is 0 Å². The molecule has 0 spiro atoms. The molecule has 0 unspecified atom stereocenters. The van der Waals surface area contributed by atoms with E-state index in [9.17, 15) is 14.4 Å². The van der Waals surface area contributed by atoms with Crippen LogP contribution >= 0.6 is 0 Å². The van der Waals surface area contributed by atoms with Crippen LogP contribution in [0.1, 0.15) is 35.9 Å². The van der Waals surface area contributed by atoms with E-state index in [2.05, 4.69) is 15.3 Å². The van der Waals surface area contributed by atoms with Gasteiger partial charge >= 0.3 is 5.69 Å². The van der Waals surface area contributed by atoms with E-state index in [1.165, 1.54) is 16.8 Å². The monoisotopic (exact) mass is 416 g/mol. The predicted molar refractivity (Wildman–Crippen MR) is 105 cm³/mol. The number of carbonyl (C=O) groups is 1. The maximum Gasteiger partial charge on any atom is 0.328 e. The smallest absolute Gasteiger partial charge is 0.328 e. The van der Waals surface area contributed by atoms with Crippen molar-refractivity contribution in [3.8, 4) is 0 Å². The number of hydrogen-bond acceptors (Lipinski definition) is 7. The molecule has 30 heavy (non-hydrogen) atoms. The van der Waals surface area contributed by atoms with E-state index in [1.807, 2.05) is 0 Å². The first kappa shape index (κ1) is 20.5. The highest BCUT2D eigenvalue weighted by Gasteiger charge is 2.52. The van der Waals surface area contributed by atoms with Gasteiger partial charge in [0.15, 0.2) is 5.79 Å². The van der Waals surface area contributed by atoms with E-state index >= 15 is 0 Å². The van der Waals surface area contributed by atoms with Gasteiger partial charge in [0.25, 0.3) is 11.5 Å². The summed E-state index contributed by atoms with van der Waals surface area (Å²) in [5.74, 6) is -1.13. The van der Waals surface area contributed by atoms with Crippen molar-refractivity contribution in [2.75, 3.05) is 13.2 Å². The number of aromatic nitrogens is 3. The van der Waals surface area contributed by atoms with Crippen LogP contribution in [-0.2, 0) is 14.2 Å². The molecule has 2 N–H and O–H groups in total. The summed E-state index contributed by atoms with van der Waals surface area (Å²) in [5, 5.41) is 2.87. The molecule has 160 valence electrons. The number of fused-ring (bicyclic) bond motifs is 1. The third-order valence-corrected chi connectivity index (χ3v) is 5.31. The Hall–Kier alpha value is -2.82. The average Bonchev–Trinajstić information content (AvgIpc) is 3.02. The summed E-state index contributed by atoms with van der Waals surface area (Å²) in [7, 11) is 0. The molecule has 2 aliphatic rings. The predicted octanol–water partition coefficient (Wildman–Crippen LogP) is 0.130. The SMILES string of the molecule is Cc1ncccc1C(=O)NC[C@H]1OC[C@@H](n2ccc(=O)[nH]c2=O)[C@@H]2OC(C)(C)O[C@@H]21. The summed E-state index contributed by atoms with van der Waals surface area (Å²) in [4.78, 5) is 42.6. The van der Waals surface area contributed by atoms with Crippen molar-refractivity contribution in [3.63, 3.8) is 0 Å². The fourth-order valence-corrected chi connectivity index (χ4v) is 3.93. The van der Waals surface area contributed by atoms with Crippen molar-refractivity contribution in [3.05, 3.63) is 62.7 Å². The van der Waals surface area contributed by atoms with E-state index in [1.54, 1.807) is 39.1 Å². The van der Waals surface area contributed by atoms with E-state index in [0.717, 1.165) is 0 Å². The van der Waals surface area contributed by atoms with Gasteiger partial charge < -0.3 is 19.5 Å². The molecule has 0 saturated carbocycles. The van der Waals surface area contributed by atoms with Crippen LogP contribution in [0.5, 0.6) is 0 Å². The van der Waals surface area contributed by atoms with Crippen molar-refractivity contribution >= 4 is 5.91 Å². The van der Waals surface area contributed by atoms with Gasteiger partial charge in [0.1, 0.15) is 18.3 Å². The lowest BCUT2D eigenvalue weighted by atomic mass is 9.97. The Morgan fingerprint density at radius 3 is 2.80 bits per heavy atom. The van der Waals surface area contributed by atoms with Gasteiger partial charge in [-0.3, -0.25) is 24.1 Å². The minimum atomic E-state index is -0.880. The van der Waals surface area contributed by atoms with Crippen molar-refractivity contribution in [1.29, 1.82) is 0 Å². The van der Waals surface area contributed by atoms with Gasteiger partial charge in [-0.2, -0.15) is 0 Å². The lowest BCUT2D eigenvalue weighted by molar-refractivity contribution is -0.153. The molecule has 2 aromatic rings. The Morgan fingerprint density at radius 1 is 1.30 bits per heavy atom. The van der Waals surface area contributed by atoms with Crippen LogP contribution in [0.4, 0.5) is 0 Å². The second kappa shape index (κ2) is 7.78. The van der Waals surface area contributed by atoms with Crippen LogP contribution in [0.15, 0.2) is 40.2 Å². The highest BCUT2D eigenvalue weighted by Crippen LogP contribution is 2.39. The Bertz CT molecular complexity index is 1060. The normalized spacial score (nSPS) is 27.4. The van der Waals surface area contributed by atoms with Gasteiger partial charge in [0.05, 0.1) is 18.2 Å². The van der Waals surface area contributed by atoms with E-state index in [4.69, 9.17) is 14.2 Å². The second-order valence-corrected chi connectivity index (χ2v) is 7.87. The number of H-pyrrole nitrogens is 1. The number of aromatic amines is 1. The molecule has 1 amide bonds. The first-order chi connectivity index (χ1) is 14.2. The lowest BCUT2D eigenvalue weighted by Crippen LogP contribution is -2.54. The quantitative estimate of drug-likeness (QED) is 0.726. The molecule has 0 aromatic carbocycles. The van der Waals surface area contributed by atoms with Gasteiger partial charge in [-0.15, -0.1) is 0 Å². The largest absolute Gasteiger partial charge is 0.371 e. The minimum absolute atomic E-state index is 0.166. The van der Waals surface area contributed by atoms with Crippen LogP contribution in [0.25, 0.3) is 0 Å². The lowest BCUT2D eigenvalue weighted by Gasteiger charge is -2.37. The minimum Gasteiger partial charge on any atom is -0.371 e. The first-order valence-electron chi connectivity index (χ1n) is 9.74. The molecule has 2 fully saturated rings. The van der Waals surface area contributed by atoms with Crippen molar-refractivity contribution in [1.82, 2.24) is 19.9 Å². The summed E-state index contributed by atoms with van der Waals surface area (Å²) in [5.41, 5.74) is 0.115. The molecule has 0 radical (unpaired) electrons. The zero-order chi connectivity index (χ0) is 21.5.